The van der Waals surface area contributed by atoms with Gasteiger partial charge in [0.05, 0.1) is 6.61 Å². The Balaban J connectivity index is 2.63. The van der Waals surface area contributed by atoms with Gasteiger partial charge in [0, 0.05) is 19.3 Å². The number of nitrogens with one attached hydrogen (secondary N) is 1. The summed E-state index contributed by atoms with van der Waals surface area (Å²) in [7, 11) is 3.83. The van der Waals surface area contributed by atoms with Crippen LogP contribution in [0.5, 0.6) is 0 Å². The summed E-state index contributed by atoms with van der Waals surface area (Å²) in [4.78, 5) is 14.1. The van der Waals surface area contributed by atoms with E-state index < -0.39 is 5.54 Å². The Bertz CT molecular complexity index is 431. The van der Waals surface area contributed by atoms with E-state index in [1.165, 1.54) is 5.56 Å². The molecule has 1 rings (SSSR count). The predicted molar refractivity (Wildman–Crippen MR) is 83.2 cm³/mol. The molecule has 0 bridgehead atoms. The first-order valence-corrected chi connectivity index (χ1v) is 7.07. The van der Waals surface area contributed by atoms with Crippen molar-refractivity contribution in [2.24, 2.45) is 0 Å². The van der Waals surface area contributed by atoms with E-state index >= 15 is 0 Å². The largest absolute Gasteiger partial charge is 0.465 e. The Morgan fingerprint density at radius 3 is 2.45 bits per heavy atom. The van der Waals surface area contributed by atoms with E-state index in [0.717, 1.165) is 12.2 Å². The van der Waals surface area contributed by atoms with Crippen molar-refractivity contribution in [1.82, 2.24) is 5.32 Å². The van der Waals surface area contributed by atoms with E-state index in [-0.39, 0.29) is 5.97 Å². The molecule has 0 aliphatic carbocycles. The van der Waals surface area contributed by atoms with E-state index in [1.54, 1.807) is 7.05 Å². The van der Waals surface area contributed by atoms with Gasteiger partial charge in [-0.2, -0.15) is 0 Å². The number of nitrogens with zero attached hydrogens (tertiary/aromatic N) is 1. The van der Waals surface area contributed by atoms with Crippen molar-refractivity contribution >= 4 is 11.7 Å². The maximum absolute atomic E-state index is 12.0. The molecule has 1 atom stereocenters. The van der Waals surface area contributed by atoms with Gasteiger partial charge in [-0.25, -0.2) is 0 Å². The highest BCUT2D eigenvalue weighted by molar-refractivity contribution is 5.80. The number of ether oxygens (including phenoxy) is 1. The molecule has 0 heterocycles. The third-order valence-electron chi connectivity index (χ3n) is 3.70. The second-order valence-corrected chi connectivity index (χ2v) is 5.31. The molecule has 0 fully saturated rings. The van der Waals surface area contributed by atoms with Crippen molar-refractivity contribution < 1.29 is 9.53 Å². The maximum atomic E-state index is 12.0. The summed E-state index contributed by atoms with van der Waals surface area (Å²) in [5.74, 6) is -0.195. The number of benzene rings is 1. The molecule has 0 aromatic heterocycles. The molecule has 1 aromatic rings. The number of hydrogen-bond donors (Lipinski definition) is 1. The van der Waals surface area contributed by atoms with Gasteiger partial charge < -0.3 is 15.0 Å². The number of likely N-dealkylation sites (N-methyl/N-ethyl adjacent to an activating group) is 1. The Labute approximate surface area is 122 Å². The Morgan fingerprint density at radius 2 is 1.95 bits per heavy atom. The SMILES string of the molecule is CCOC(=O)C(C)(CCN(C)c1ccc(C)cc1)NC. The smallest absolute Gasteiger partial charge is 0.326 e. The topological polar surface area (TPSA) is 41.6 Å². The van der Waals surface area contributed by atoms with Crippen LogP contribution in [0.1, 0.15) is 25.8 Å². The molecular formula is C16H26N2O2. The number of aryl methyl sites for hydroxylation is 1. The zero-order chi connectivity index (χ0) is 15.2. The van der Waals surface area contributed by atoms with Gasteiger partial charge in [0.25, 0.3) is 0 Å². The van der Waals surface area contributed by atoms with Gasteiger partial charge in [-0.1, -0.05) is 17.7 Å². The molecule has 112 valence electrons. The van der Waals surface area contributed by atoms with Crippen LogP contribution >= 0.6 is 0 Å². The van der Waals surface area contributed by atoms with Crippen molar-refractivity contribution in [2.45, 2.75) is 32.7 Å². The lowest BCUT2D eigenvalue weighted by Gasteiger charge is -2.29. The number of hydrogen-bond acceptors (Lipinski definition) is 4. The molecule has 4 heteroatoms. The minimum Gasteiger partial charge on any atom is -0.465 e. The summed E-state index contributed by atoms with van der Waals surface area (Å²) in [6, 6.07) is 8.37. The van der Waals surface area contributed by atoms with Crippen LogP contribution in [0.4, 0.5) is 5.69 Å². The standard InChI is InChI=1S/C16H26N2O2/c1-6-20-15(19)16(3,17-4)11-12-18(5)14-9-7-13(2)8-10-14/h7-10,17H,6,11-12H2,1-5H3. The van der Waals surface area contributed by atoms with E-state index in [0.29, 0.717) is 13.0 Å². The van der Waals surface area contributed by atoms with Crippen LogP contribution in [0.15, 0.2) is 24.3 Å². The monoisotopic (exact) mass is 278 g/mol. The van der Waals surface area contributed by atoms with E-state index in [2.05, 4.69) is 41.4 Å². The van der Waals surface area contributed by atoms with E-state index in [9.17, 15) is 4.79 Å². The van der Waals surface area contributed by atoms with Crippen molar-refractivity contribution in [3.8, 4) is 0 Å². The first-order valence-electron chi connectivity index (χ1n) is 7.07. The van der Waals surface area contributed by atoms with Crippen molar-refractivity contribution in [3.05, 3.63) is 29.8 Å². The fourth-order valence-corrected chi connectivity index (χ4v) is 1.94. The Morgan fingerprint density at radius 1 is 1.35 bits per heavy atom. The lowest BCUT2D eigenvalue weighted by Crippen LogP contribution is -2.50. The van der Waals surface area contributed by atoms with Gasteiger partial charge in [-0.3, -0.25) is 4.79 Å². The number of carbonyl (C=O) groups excluding carboxylic acids is 1. The predicted octanol–water partition coefficient (Wildman–Crippen LogP) is 2.36. The van der Waals surface area contributed by atoms with Gasteiger partial charge in [0.15, 0.2) is 0 Å². The molecule has 4 nitrogen and oxygen atoms in total. The molecule has 20 heavy (non-hydrogen) atoms. The zero-order valence-electron chi connectivity index (χ0n) is 13.2. The first-order chi connectivity index (χ1) is 9.42. The molecular weight excluding hydrogens is 252 g/mol. The van der Waals surface area contributed by atoms with Crippen LogP contribution in [0.2, 0.25) is 0 Å². The highest BCUT2D eigenvalue weighted by atomic mass is 16.5. The average molecular weight is 278 g/mol. The Hall–Kier alpha value is -1.55. The lowest BCUT2D eigenvalue weighted by atomic mass is 9.98. The third kappa shape index (κ3) is 4.23. The summed E-state index contributed by atoms with van der Waals surface area (Å²) in [5.41, 5.74) is 1.75. The van der Waals surface area contributed by atoms with Gasteiger partial charge in [-0.15, -0.1) is 0 Å². The van der Waals surface area contributed by atoms with Crippen molar-refractivity contribution in [1.29, 1.82) is 0 Å². The molecule has 0 amide bonds. The second kappa shape index (κ2) is 7.29. The van der Waals surface area contributed by atoms with Crippen LogP contribution < -0.4 is 10.2 Å². The van der Waals surface area contributed by atoms with Crippen LogP contribution in [0, 0.1) is 6.92 Å². The van der Waals surface area contributed by atoms with Gasteiger partial charge in [-0.05, 0) is 46.4 Å². The zero-order valence-corrected chi connectivity index (χ0v) is 13.2. The molecule has 1 N–H and O–H groups in total. The van der Waals surface area contributed by atoms with Crippen LogP contribution in [0.25, 0.3) is 0 Å². The number of esters is 1. The fourth-order valence-electron chi connectivity index (χ4n) is 1.94. The molecule has 0 saturated heterocycles. The van der Waals surface area contributed by atoms with Gasteiger partial charge in [0.2, 0.25) is 0 Å². The Kier molecular flexibility index (Phi) is 6.02. The normalized spacial score (nSPS) is 13.7. The molecule has 1 unspecified atom stereocenters. The summed E-state index contributed by atoms with van der Waals surface area (Å²) in [6.07, 6.45) is 0.687. The van der Waals surface area contributed by atoms with E-state index in [1.807, 2.05) is 20.9 Å². The summed E-state index contributed by atoms with van der Waals surface area (Å²) in [6.45, 7) is 6.96. The summed E-state index contributed by atoms with van der Waals surface area (Å²) < 4.78 is 5.13. The molecule has 0 saturated carbocycles. The fraction of sp³-hybridized carbons (Fsp3) is 0.562. The molecule has 0 spiro atoms. The minimum atomic E-state index is -0.644. The first kappa shape index (κ1) is 16.5. The lowest BCUT2D eigenvalue weighted by molar-refractivity contribution is -0.150. The maximum Gasteiger partial charge on any atom is 0.326 e. The van der Waals surface area contributed by atoms with Gasteiger partial charge >= 0.3 is 5.97 Å². The van der Waals surface area contributed by atoms with E-state index in [4.69, 9.17) is 4.74 Å². The van der Waals surface area contributed by atoms with Crippen molar-refractivity contribution in [3.63, 3.8) is 0 Å². The number of anilines is 1. The molecule has 0 aliphatic heterocycles. The minimum absolute atomic E-state index is 0.195. The third-order valence-corrected chi connectivity index (χ3v) is 3.70. The number of carbonyl (C=O) groups is 1. The summed E-state index contributed by atoms with van der Waals surface area (Å²) >= 11 is 0. The van der Waals surface area contributed by atoms with Crippen molar-refractivity contribution in [2.75, 3.05) is 32.1 Å². The number of rotatable bonds is 7. The highest BCUT2D eigenvalue weighted by Gasteiger charge is 2.32. The molecule has 0 radical (unpaired) electrons. The molecule has 1 aromatic carbocycles. The second-order valence-electron chi connectivity index (χ2n) is 5.31. The highest BCUT2D eigenvalue weighted by Crippen LogP contribution is 2.17. The average Bonchev–Trinajstić information content (AvgIpc) is 2.45. The quantitative estimate of drug-likeness (QED) is 0.778. The van der Waals surface area contributed by atoms with Crippen LogP contribution in [0.3, 0.4) is 0 Å². The van der Waals surface area contributed by atoms with Crippen LogP contribution in [-0.2, 0) is 9.53 Å². The van der Waals surface area contributed by atoms with Crippen LogP contribution in [-0.4, -0.2) is 38.8 Å². The van der Waals surface area contributed by atoms with Gasteiger partial charge in [0.1, 0.15) is 5.54 Å². The summed E-state index contributed by atoms with van der Waals surface area (Å²) in [5, 5.41) is 3.08. The molecule has 0 aliphatic rings.